The van der Waals surface area contributed by atoms with Gasteiger partial charge in [0.1, 0.15) is 0 Å². The lowest BCUT2D eigenvalue weighted by atomic mass is 9.71. The zero-order valence-corrected chi connectivity index (χ0v) is 14.4. The van der Waals surface area contributed by atoms with Crippen molar-refractivity contribution >= 4 is 11.8 Å². The van der Waals surface area contributed by atoms with E-state index in [1.807, 2.05) is 11.8 Å². The lowest BCUT2D eigenvalue weighted by Crippen LogP contribution is -2.32. The predicted octanol–water partition coefficient (Wildman–Crippen LogP) is 4.65. The fraction of sp³-hybridized carbons (Fsp3) is 0.400. The molecule has 0 radical (unpaired) electrons. The molecule has 1 nitrogen and oxygen atoms in total. The first kappa shape index (κ1) is 14.3. The maximum absolute atomic E-state index is 2.48. The Morgan fingerprint density at radius 2 is 1.55 bits per heavy atom. The van der Waals surface area contributed by atoms with Crippen LogP contribution in [0.3, 0.4) is 0 Å². The smallest absolute Gasteiger partial charge is 0.0228 e. The summed E-state index contributed by atoms with van der Waals surface area (Å²) in [6.45, 7) is 3.68. The maximum Gasteiger partial charge on any atom is 0.0228 e. The average molecular weight is 309 g/mol. The summed E-state index contributed by atoms with van der Waals surface area (Å²) in [5.41, 5.74) is 3.23. The van der Waals surface area contributed by atoms with Crippen molar-refractivity contribution in [2.24, 2.45) is 11.8 Å². The largest absolute Gasteiger partial charge is 0.309 e. The van der Waals surface area contributed by atoms with E-state index in [0.29, 0.717) is 0 Å². The van der Waals surface area contributed by atoms with Gasteiger partial charge in [0.25, 0.3) is 0 Å². The van der Waals surface area contributed by atoms with Gasteiger partial charge in [-0.2, -0.15) is 0 Å². The standard InChI is InChI=1S/C20H23NS/c1-20(17-12-14(17)13-21(2)3)15-8-4-6-10-18(15)22-19-11-7-5-9-16(19)20/h4-11,14,17H,12-13H2,1-3H3/t14-,17+/m0/s1. The highest BCUT2D eigenvalue weighted by atomic mass is 32.2. The molecular weight excluding hydrogens is 286 g/mol. The first-order chi connectivity index (χ1) is 10.6. The van der Waals surface area contributed by atoms with Crippen molar-refractivity contribution in [1.29, 1.82) is 0 Å². The van der Waals surface area contributed by atoms with Crippen molar-refractivity contribution in [2.45, 2.75) is 28.6 Å². The molecular formula is C20H23NS. The van der Waals surface area contributed by atoms with E-state index in [1.54, 1.807) is 0 Å². The third kappa shape index (κ3) is 2.12. The van der Waals surface area contributed by atoms with Gasteiger partial charge in [0.05, 0.1) is 0 Å². The highest BCUT2D eigenvalue weighted by Crippen LogP contribution is 2.61. The SMILES string of the molecule is CN(C)C[C@@H]1C[C@H]1C1(C)c2ccccc2Sc2ccccc21. The Morgan fingerprint density at radius 1 is 1.00 bits per heavy atom. The van der Waals surface area contributed by atoms with E-state index in [2.05, 4.69) is 74.4 Å². The molecule has 2 heteroatoms. The molecule has 2 aromatic rings. The van der Waals surface area contributed by atoms with Gasteiger partial charge in [0.2, 0.25) is 0 Å². The van der Waals surface area contributed by atoms with Crippen LogP contribution >= 0.6 is 11.8 Å². The Labute approximate surface area is 137 Å². The van der Waals surface area contributed by atoms with Crippen LogP contribution in [-0.2, 0) is 5.41 Å². The van der Waals surface area contributed by atoms with Gasteiger partial charge in [-0.25, -0.2) is 0 Å². The van der Waals surface area contributed by atoms with Gasteiger partial charge < -0.3 is 4.90 Å². The molecule has 4 rings (SSSR count). The number of hydrogen-bond donors (Lipinski definition) is 0. The van der Waals surface area contributed by atoms with Crippen LogP contribution in [0.1, 0.15) is 24.5 Å². The third-order valence-corrected chi connectivity index (χ3v) is 6.53. The number of benzene rings is 2. The minimum Gasteiger partial charge on any atom is -0.309 e. The van der Waals surface area contributed by atoms with Gasteiger partial charge in [-0.3, -0.25) is 0 Å². The summed E-state index contributed by atoms with van der Waals surface area (Å²) in [5.74, 6) is 1.59. The van der Waals surface area contributed by atoms with E-state index in [4.69, 9.17) is 0 Å². The fourth-order valence-electron chi connectivity index (χ4n) is 4.26. The van der Waals surface area contributed by atoms with Gasteiger partial charge in [-0.1, -0.05) is 55.1 Å². The summed E-state index contributed by atoms with van der Waals surface area (Å²) >= 11 is 1.93. The van der Waals surface area contributed by atoms with Gasteiger partial charge in [-0.15, -0.1) is 0 Å². The van der Waals surface area contributed by atoms with Gasteiger partial charge in [0.15, 0.2) is 0 Å². The Kier molecular flexibility index (Phi) is 3.35. The molecule has 1 fully saturated rings. The number of nitrogens with zero attached hydrogens (tertiary/aromatic N) is 1. The van der Waals surface area contributed by atoms with E-state index in [1.165, 1.54) is 33.9 Å². The minimum absolute atomic E-state index is 0.166. The molecule has 2 aromatic carbocycles. The van der Waals surface area contributed by atoms with Crippen molar-refractivity contribution in [3.63, 3.8) is 0 Å². The number of fused-ring (bicyclic) bond motifs is 2. The summed E-state index contributed by atoms with van der Waals surface area (Å²) in [6, 6.07) is 18.0. The second-order valence-corrected chi connectivity index (χ2v) is 8.25. The second kappa shape index (κ2) is 5.14. The fourth-order valence-corrected chi connectivity index (χ4v) is 5.57. The highest BCUT2D eigenvalue weighted by Gasteiger charge is 2.54. The van der Waals surface area contributed by atoms with Crippen LogP contribution in [0.4, 0.5) is 0 Å². The summed E-state index contributed by atoms with van der Waals surface area (Å²) < 4.78 is 0. The summed E-state index contributed by atoms with van der Waals surface area (Å²) in [4.78, 5) is 5.22. The molecule has 1 aliphatic carbocycles. The topological polar surface area (TPSA) is 3.24 Å². The molecule has 2 aliphatic rings. The molecule has 0 spiro atoms. The van der Waals surface area contributed by atoms with Crippen LogP contribution in [0.15, 0.2) is 58.3 Å². The van der Waals surface area contributed by atoms with Crippen LogP contribution in [-0.4, -0.2) is 25.5 Å². The zero-order chi connectivity index (χ0) is 15.3. The normalized spacial score (nSPS) is 24.7. The van der Waals surface area contributed by atoms with Gasteiger partial charge >= 0.3 is 0 Å². The number of hydrogen-bond acceptors (Lipinski definition) is 2. The summed E-state index contributed by atoms with van der Waals surface area (Å²) in [7, 11) is 4.38. The molecule has 1 aliphatic heterocycles. The minimum atomic E-state index is 0.166. The third-order valence-electron chi connectivity index (χ3n) is 5.38. The van der Waals surface area contributed by atoms with Crippen LogP contribution < -0.4 is 0 Å². The van der Waals surface area contributed by atoms with Crippen molar-refractivity contribution < 1.29 is 0 Å². The van der Waals surface area contributed by atoms with Crippen molar-refractivity contribution in [3.05, 3.63) is 59.7 Å². The Hall–Kier alpha value is -1.25. The van der Waals surface area contributed by atoms with E-state index < -0.39 is 0 Å². The first-order valence-corrected chi connectivity index (χ1v) is 8.94. The van der Waals surface area contributed by atoms with E-state index in [0.717, 1.165) is 11.8 Å². The Morgan fingerprint density at radius 3 is 2.09 bits per heavy atom. The van der Waals surface area contributed by atoms with E-state index >= 15 is 0 Å². The molecule has 1 heterocycles. The summed E-state index contributed by atoms with van der Waals surface area (Å²) in [5, 5.41) is 0. The molecule has 0 aromatic heterocycles. The van der Waals surface area contributed by atoms with Crippen molar-refractivity contribution in [2.75, 3.05) is 20.6 Å². The van der Waals surface area contributed by atoms with Crippen LogP contribution in [0.2, 0.25) is 0 Å². The van der Waals surface area contributed by atoms with E-state index in [-0.39, 0.29) is 5.41 Å². The molecule has 114 valence electrons. The number of rotatable bonds is 3. The van der Waals surface area contributed by atoms with Crippen LogP contribution in [0.5, 0.6) is 0 Å². The average Bonchev–Trinajstić information content (AvgIpc) is 3.26. The van der Waals surface area contributed by atoms with Crippen LogP contribution in [0.25, 0.3) is 0 Å². The second-order valence-electron chi connectivity index (χ2n) is 7.16. The highest BCUT2D eigenvalue weighted by molar-refractivity contribution is 7.99. The van der Waals surface area contributed by atoms with Crippen LogP contribution in [0, 0.1) is 11.8 Å². The molecule has 0 bridgehead atoms. The lowest BCUT2D eigenvalue weighted by Gasteiger charge is -2.38. The molecule has 1 saturated carbocycles. The molecule has 2 atom stereocenters. The molecule has 0 saturated heterocycles. The molecule has 0 unspecified atom stereocenters. The lowest BCUT2D eigenvalue weighted by molar-refractivity contribution is 0.351. The Bertz CT molecular complexity index is 661. The van der Waals surface area contributed by atoms with Crippen molar-refractivity contribution in [1.82, 2.24) is 4.90 Å². The molecule has 0 amide bonds. The van der Waals surface area contributed by atoms with Gasteiger partial charge in [0, 0.05) is 21.8 Å². The van der Waals surface area contributed by atoms with Crippen molar-refractivity contribution in [3.8, 4) is 0 Å². The first-order valence-electron chi connectivity index (χ1n) is 8.12. The monoisotopic (exact) mass is 309 g/mol. The van der Waals surface area contributed by atoms with E-state index in [9.17, 15) is 0 Å². The molecule has 22 heavy (non-hydrogen) atoms. The Balaban J connectivity index is 1.81. The zero-order valence-electron chi connectivity index (χ0n) is 13.5. The predicted molar refractivity (Wildman–Crippen MR) is 93.6 cm³/mol. The quantitative estimate of drug-likeness (QED) is 0.811. The molecule has 0 N–H and O–H groups in total. The summed E-state index contributed by atoms with van der Waals surface area (Å²) in [6.07, 6.45) is 1.35. The maximum atomic E-state index is 2.48. The van der Waals surface area contributed by atoms with Gasteiger partial charge in [-0.05, 0) is 55.6 Å².